The Hall–Kier alpha value is -2.26. The maximum atomic E-state index is 6.15. The van der Waals surface area contributed by atoms with Gasteiger partial charge >= 0.3 is 0 Å². The Morgan fingerprint density at radius 1 is 1.00 bits per heavy atom. The van der Waals surface area contributed by atoms with E-state index in [4.69, 9.17) is 14.2 Å². The van der Waals surface area contributed by atoms with Gasteiger partial charge in [0.05, 0.1) is 24.9 Å². The van der Waals surface area contributed by atoms with E-state index in [1.54, 1.807) is 6.08 Å². The molecule has 0 N–H and O–H groups in total. The normalized spacial score (nSPS) is 18.0. The van der Waals surface area contributed by atoms with Crippen molar-refractivity contribution in [2.75, 3.05) is 13.2 Å². The van der Waals surface area contributed by atoms with Crippen LogP contribution in [0.4, 0.5) is 0 Å². The van der Waals surface area contributed by atoms with Gasteiger partial charge in [-0.25, -0.2) is 0 Å². The predicted octanol–water partition coefficient (Wildman–Crippen LogP) is 5.91. The molecule has 0 radical (unpaired) electrons. The molecule has 144 valence electrons. The van der Waals surface area contributed by atoms with Gasteiger partial charge in [-0.2, -0.15) is 0 Å². The molecule has 1 fully saturated rings. The van der Waals surface area contributed by atoms with Gasteiger partial charge < -0.3 is 14.2 Å². The summed E-state index contributed by atoms with van der Waals surface area (Å²) in [6, 6.07) is 8.55. The molecule has 27 heavy (non-hydrogen) atoms. The summed E-state index contributed by atoms with van der Waals surface area (Å²) in [6.07, 6.45) is 7.85. The molecule has 3 nitrogen and oxygen atoms in total. The molecule has 0 aliphatic carbocycles. The number of hydrogen-bond donors (Lipinski definition) is 0. The minimum Gasteiger partial charge on any atom is -0.493 e. The molecule has 0 aromatic heterocycles. The lowest BCUT2D eigenvalue weighted by atomic mass is 10.0. The number of rotatable bonds is 9. The third kappa shape index (κ3) is 4.92. The van der Waals surface area contributed by atoms with E-state index in [-0.39, 0.29) is 5.60 Å². The molecule has 3 heteroatoms. The van der Waals surface area contributed by atoms with Crippen LogP contribution in [-0.4, -0.2) is 24.9 Å². The van der Waals surface area contributed by atoms with Crippen LogP contribution in [0, 0.1) is 13.8 Å². The van der Waals surface area contributed by atoms with E-state index in [9.17, 15) is 0 Å². The first kappa shape index (κ1) is 19.5. The molecule has 1 unspecified atom stereocenters. The molecule has 2 aromatic rings. The number of aryl methyl sites for hydroxylation is 2. The minimum atomic E-state index is 0.00960. The number of fused-ring (bicyclic) bond motifs is 1. The first-order valence-electron chi connectivity index (χ1n) is 9.66. The Bertz CT molecular complexity index is 848. The first-order valence-corrected chi connectivity index (χ1v) is 9.66. The van der Waals surface area contributed by atoms with Gasteiger partial charge in [0.1, 0.15) is 11.5 Å². The lowest BCUT2D eigenvalue weighted by molar-refractivity contribution is 0.276. The number of ether oxygens (including phenoxy) is 3. The number of hydrogen-bond acceptors (Lipinski definition) is 3. The standard InChI is InChI=1S/C24H30O3/c1-6-7-8-9-11-25-21-15-17(2)14-20-19(21)13-18(3)16-22(20)26-12-10-23-24(4,5)27-23/h6-8,13-16,23H,1,9-12H2,2-5H3. The average molecular weight is 367 g/mol. The van der Waals surface area contributed by atoms with Crippen LogP contribution < -0.4 is 9.47 Å². The fraction of sp³-hybridized carbons (Fsp3) is 0.417. The van der Waals surface area contributed by atoms with Crippen LogP contribution >= 0.6 is 0 Å². The number of benzene rings is 2. The smallest absolute Gasteiger partial charge is 0.127 e. The summed E-state index contributed by atoms with van der Waals surface area (Å²) in [7, 11) is 0. The molecule has 1 aliphatic heterocycles. The zero-order chi connectivity index (χ0) is 19.4. The predicted molar refractivity (Wildman–Crippen MR) is 112 cm³/mol. The van der Waals surface area contributed by atoms with Gasteiger partial charge in [-0.15, -0.1) is 0 Å². The highest BCUT2D eigenvalue weighted by molar-refractivity contribution is 5.94. The summed E-state index contributed by atoms with van der Waals surface area (Å²) in [6.45, 7) is 13.4. The second kappa shape index (κ2) is 8.18. The third-order valence-corrected chi connectivity index (χ3v) is 4.90. The molecule has 0 bridgehead atoms. The Kier molecular flexibility index (Phi) is 5.91. The van der Waals surface area contributed by atoms with Crippen molar-refractivity contribution in [2.24, 2.45) is 0 Å². The van der Waals surface area contributed by atoms with E-state index in [0.29, 0.717) is 19.3 Å². The molecule has 1 heterocycles. The van der Waals surface area contributed by atoms with Crippen molar-refractivity contribution in [3.05, 3.63) is 60.2 Å². The summed E-state index contributed by atoms with van der Waals surface area (Å²) in [5.41, 5.74) is 2.34. The van der Waals surface area contributed by atoms with E-state index in [2.05, 4.69) is 64.6 Å². The Morgan fingerprint density at radius 3 is 2.07 bits per heavy atom. The number of allylic oxidation sites excluding steroid dienone is 2. The van der Waals surface area contributed by atoms with Crippen molar-refractivity contribution < 1.29 is 14.2 Å². The quantitative estimate of drug-likeness (QED) is 0.314. The Balaban J connectivity index is 1.77. The molecule has 0 spiro atoms. The molecule has 1 atom stereocenters. The second-order valence-electron chi connectivity index (χ2n) is 7.77. The van der Waals surface area contributed by atoms with Gasteiger partial charge in [-0.1, -0.05) is 24.8 Å². The van der Waals surface area contributed by atoms with Crippen LogP contribution in [0.5, 0.6) is 11.5 Å². The van der Waals surface area contributed by atoms with Gasteiger partial charge in [0.25, 0.3) is 0 Å². The lowest BCUT2D eigenvalue weighted by Gasteiger charge is -2.15. The Labute approximate surface area is 162 Å². The summed E-state index contributed by atoms with van der Waals surface area (Å²) >= 11 is 0. The van der Waals surface area contributed by atoms with Crippen molar-refractivity contribution in [3.63, 3.8) is 0 Å². The van der Waals surface area contributed by atoms with E-state index in [1.165, 1.54) is 11.1 Å². The highest BCUT2D eigenvalue weighted by Gasteiger charge is 2.47. The van der Waals surface area contributed by atoms with E-state index < -0.39 is 0 Å². The molecule has 2 aromatic carbocycles. The summed E-state index contributed by atoms with van der Waals surface area (Å²) < 4.78 is 17.9. The zero-order valence-electron chi connectivity index (χ0n) is 16.9. The fourth-order valence-corrected chi connectivity index (χ4v) is 3.35. The van der Waals surface area contributed by atoms with Crippen molar-refractivity contribution >= 4 is 10.8 Å². The monoisotopic (exact) mass is 366 g/mol. The van der Waals surface area contributed by atoms with Gasteiger partial charge in [0, 0.05) is 17.2 Å². The highest BCUT2D eigenvalue weighted by atomic mass is 16.6. The maximum absolute atomic E-state index is 6.15. The van der Waals surface area contributed by atoms with E-state index >= 15 is 0 Å². The lowest BCUT2D eigenvalue weighted by Crippen LogP contribution is -2.08. The van der Waals surface area contributed by atoms with Crippen molar-refractivity contribution in [3.8, 4) is 11.5 Å². The van der Waals surface area contributed by atoms with Crippen molar-refractivity contribution in [1.29, 1.82) is 0 Å². The van der Waals surface area contributed by atoms with E-state index in [1.807, 2.05) is 6.08 Å². The fourth-order valence-electron chi connectivity index (χ4n) is 3.35. The molecule has 0 saturated carbocycles. The maximum Gasteiger partial charge on any atom is 0.127 e. The third-order valence-electron chi connectivity index (χ3n) is 4.90. The van der Waals surface area contributed by atoms with Gasteiger partial charge in [-0.3, -0.25) is 0 Å². The van der Waals surface area contributed by atoms with Crippen LogP contribution in [0.2, 0.25) is 0 Å². The Morgan fingerprint density at radius 2 is 1.56 bits per heavy atom. The molecular weight excluding hydrogens is 336 g/mol. The average Bonchev–Trinajstić information content (AvgIpc) is 3.22. The van der Waals surface area contributed by atoms with Crippen LogP contribution in [0.3, 0.4) is 0 Å². The summed E-state index contributed by atoms with van der Waals surface area (Å²) in [5.74, 6) is 1.83. The van der Waals surface area contributed by atoms with Gasteiger partial charge in [-0.05, 0) is 69.5 Å². The van der Waals surface area contributed by atoms with Crippen LogP contribution in [-0.2, 0) is 4.74 Å². The van der Waals surface area contributed by atoms with Crippen LogP contribution in [0.1, 0.15) is 37.8 Å². The topological polar surface area (TPSA) is 31.0 Å². The van der Waals surface area contributed by atoms with Crippen LogP contribution in [0.15, 0.2) is 49.1 Å². The molecular formula is C24H30O3. The van der Waals surface area contributed by atoms with Gasteiger partial charge in [0.15, 0.2) is 0 Å². The van der Waals surface area contributed by atoms with Crippen molar-refractivity contribution in [1.82, 2.24) is 0 Å². The van der Waals surface area contributed by atoms with Crippen LogP contribution in [0.25, 0.3) is 10.8 Å². The number of epoxide rings is 1. The summed E-state index contributed by atoms with van der Waals surface area (Å²) in [4.78, 5) is 0. The molecule has 1 aliphatic rings. The van der Waals surface area contributed by atoms with Gasteiger partial charge in [0.2, 0.25) is 0 Å². The molecule has 1 saturated heterocycles. The zero-order valence-corrected chi connectivity index (χ0v) is 16.9. The minimum absolute atomic E-state index is 0.00960. The highest BCUT2D eigenvalue weighted by Crippen LogP contribution is 2.38. The van der Waals surface area contributed by atoms with E-state index in [0.717, 1.165) is 35.1 Å². The largest absolute Gasteiger partial charge is 0.493 e. The molecule has 0 amide bonds. The SMILES string of the molecule is C=CC=CCCOc1cc(C)cc2c(OCCC3OC3(C)C)cc(C)cc12. The molecule has 3 rings (SSSR count). The van der Waals surface area contributed by atoms with Crippen molar-refractivity contribution in [2.45, 2.75) is 52.2 Å². The first-order chi connectivity index (χ1) is 12.9. The summed E-state index contributed by atoms with van der Waals surface area (Å²) in [5, 5.41) is 2.21. The second-order valence-corrected chi connectivity index (χ2v) is 7.77.